The monoisotopic (exact) mass is 701 g/mol. The smallest absolute Gasteiger partial charge is 0.145 e. The Morgan fingerprint density at radius 2 is 2.00 bits per heavy atom. The molecule has 2 bridgehead atoms. The van der Waals surface area contributed by atoms with Crippen LogP contribution in [0, 0.1) is 0 Å². The van der Waals surface area contributed by atoms with E-state index in [2.05, 4.69) is 68.2 Å². The fraction of sp³-hybridized carbons (Fsp3) is 0.500. The number of allylic oxidation sites excluding steroid dienone is 5. The summed E-state index contributed by atoms with van der Waals surface area (Å²) in [5.74, 6) is 1.64. The lowest BCUT2D eigenvalue weighted by atomic mass is 9.99. The first kappa shape index (κ1) is 22.6. The van der Waals surface area contributed by atoms with Crippen molar-refractivity contribution in [2.45, 2.75) is 74.7 Å². The molecule has 6 heterocycles. The first-order valence-corrected chi connectivity index (χ1v) is 18.1. The maximum absolute atomic E-state index is 6.67. The van der Waals surface area contributed by atoms with Crippen molar-refractivity contribution < 1.29 is 9.26 Å². The molecule has 8 heteroatoms. The molecule has 5 aliphatic heterocycles. The molecule has 0 amide bonds. The van der Waals surface area contributed by atoms with Gasteiger partial charge in [0.2, 0.25) is 0 Å². The Hall–Kier alpha value is -0.560. The number of rotatable bonds is 6. The van der Waals surface area contributed by atoms with Crippen LogP contribution in [0.25, 0.3) is 5.57 Å². The summed E-state index contributed by atoms with van der Waals surface area (Å²) in [5, 5.41) is 4.52. The number of fused-ring (bicyclic) bond motifs is 2. The van der Waals surface area contributed by atoms with Gasteiger partial charge in [-0.1, -0.05) is 70.5 Å². The Kier molecular flexibility index (Phi) is 6.25. The van der Waals surface area contributed by atoms with Crippen molar-refractivity contribution in [3.63, 3.8) is 0 Å². The highest BCUT2D eigenvalue weighted by Gasteiger charge is 2.48. The molecule has 2 saturated heterocycles. The minimum absolute atomic E-state index is 0.0171. The number of hydrogen-bond acceptors (Lipinski definition) is 6. The van der Waals surface area contributed by atoms with Gasteiger partial charge in [-0.25, -0.2) is 0 Å². The SMILES string of the molecule is CN1C2=C(C=CI=C2)SC1N1C2CC[C@@H]1CC(OCc1c(C3=CI=CC=C3)noc1C1CC1)C2. The number of piperidine rings is 1. The molecule has 5 nitrogen and oxygen atoms in total. The second-order valence-electron chi connectivity index (χ2n) is 9.89. The van der Waals surface area contributed by atoms with E-state index in [1.165, 1.54) is 47.4 Å². The van der Waals surface area contributed by atoms with Crippen molar-refractivity contribution in [3.8, 4) is 0 Å². The average molecular weight is 701 g/mol. The van der Waals surface area contributed by atoms with E-state index in [0.717, 1.165) is 24.3 Å². The molecular formula is C26H29I2N3O2S. The van der Waals surface area contributed by atoms with Crippen molar-refractivity contribution >= 4 is 66.8 Å². The minimum Gasteiger partial charge on any atom is -0.373 e. The van der Waals surface area contributed by atoms with Gasteiger partial charge in [0.1, 0.15) is 17.0 Å². The highest BCUT2D eigenvalue weighted by Crippen LogP contribution is 2.49. The van der Waals surface area contributed by atoms with Gasteiger partial charge in [0.15, 0.2) is 0 Å². The van der Waals surface area contributed by atoms with Crippen LogP contribution in [-0.2, 0) is 11.3 Å². The van der Waals surface area contributed by atoms with Crippen LogP contribution in [0.2, 0.25) is 0 Å². The minimum atomic E-state index is -0.0171. The third-order valence-corrected chi connectivity index (χ3v) is 12.7. The lowest BCUT2D eigenvalue weighted by Gasteiger charge is -2.44. The van der Waals surface area contributed by atoms with Crippen LogP contribution >= 0.6 is 53.2 Å². The van der Waals surface area contributed by atoms with Crippen LogP contribution in [-0.4, -0.2) is 53.7 Å². The molecule has 4 atom stereocenters. The number of aromatic nitrogens is 1. The van der Waals surface area contributed by atoms with Crippen molar-refractivity contribution in [1.82, 2.24) is 15.0 Å². The summed E-state index contributed by atoms with van der Waals surface area (Å²) in [7, 11) is 2.29. The Balaban J connectivity index is 1.05. The summed E-state index contributed by atoms with van der Waals surface area (Å²) in [6.45, 7) is 0.638. The number of thioether (sulfide) groups is 1. The van der Waals surface area contributed by atoms with Crippen molar-refractivity contribution in [1.29, 1.82) is 0 Å². The van der Waals surface area contributed by atoms with Crippen LogP contribution in [0.15, 0.2) is 41.5 Å². The number of hydrogen-bond donors (Lipinski definition) is 0. The number of nitrogens with zero attached hydrogens (tertiary/aromatic N) is 3. The average Bonchev–Trinajstić information content (AvgIpc) is 3.47. The molecule has 1 saturated carbocycles. The highest BCUT2D eigenvalue weighted by molar-refractivity contribution is 14.2. The van der Waals surface area contributed by atoms with E-state index in [1.54, 1.807) is 0 Å². The zero-order valence-electron chi connectivity index (χ0n) is 19.2. The molecule has 3 unspecified atom stereocenters. The number of halogens is 2. The predicted octanol–water partition coefficient (Wildman–Crippen LogP) is 6.22. The van der Waals surface area contributed by atoms with Gasteiger partial charge in [-0.05, 0) is 60.8 Å². The van der Waals surface area contributed by atoms with Gasteiger partial charge in [-0.2, -0.15) is 0 Å². The van der Waals surface area contributed by atoms with Gasteiger partial charge in [0.25, 0.3) is 0 Å². The van der Waals surface area contributed by atoms with Gasteiger partial charge in [-0.3, -0.25) is 4.90 Å². The Morgan fingerprint density at radius 1 is 1.15 bits per heavy atom. The van der Waals surface area contributed by atoms with Crippen molar-refractivity contribution in [2.24, 2.45) is 0 Å². The molecule has 34 heavy (non-hydrogen) atoms. The number of ether oxygens (including phenoxy) is 1. The largest absolute Gasteiger partial charge is 0.373 e. The molecule has 1 aromatic rings. The molecular weight excluding hydrogens is 672 g/mol. The molecule has 0 aromatic carbocycles. The summed E-state index contributed by atoms with van der Waals surface area (Å²) in [6, 6.07) is 1.25. The topological polar surface area (TPSA) is 41.7 Å². The fourth-order valence-corrected chi connectivity index (χ4v) is 11.2. The van der Waals surface area contributed by atoms with Gasteiger partial charge < -0.3 is 14.2 Å². The fourth-order valence-electron chi connectivity index (χ4n) is 5.92. The summed E-state index contributed by atoms with van der Waals surface area (Å²) >= 11 is 2.13. The van der Waals surface area contributed by atoms with Crippen LogP contribution in [0.4, 0.5) is 0 Å². The van der Waals surface area contributed by atoms with Gasteiger partial charge in [-0.15, -0.1) is 0 Å². The zero-order chi connectivity index (χ0) is 22.6. The Bertz CT molecular complexity index is 1160. The Labute approximate surface area is 225 Å². The van der Waals surface area contributed by atoms with Crippen molar-refractivity contribution in [3.05, 3.63) is 54.0 Å². The van der Waals surface area contributed by atoms with Crippen LogP contribution in [0.3, 0.4) is 0 Å². The molecule has 7 rings (SSSR count). The summed E-state index contributed by atoms with van der Waals surface area (Å²) in [6.07, 6.45) is 14.4. The molecule has 1 aliphatic carbocycles. The van der Waals surface area contributed by atoms with E-state index < -0.39 is 0 Å². The quantitative estimate of drug-likeness (QED) is 0.329. The van der Waals surface area contributed by atoms with E-state index in [0.29, 0.717) is 36.2 Å². The second-order valence-corrected chi connectivity index (χ2v) is 15.1. The standard InChI is InChI=1S/C26H29I2N3O2S/c1-30-22-14-28-10-8-23(22)34-26(30)31-18-6-7-19(31)12-20(11-18)32-15-21-24(17-3-2-9-27-13-17)29-33-25(21)16-4-5-16/h2-3,8-10,13-14,16,18-20,26H,4-7,11-12,15H2,1H3/t18-,19?,20?,26?/m1/s1. The second kappa shape index (κ2) is 9.39. The maximum Gasteiger partial charge on any atom is 0.145 e. The highest BCUT2D eigenvalue weighted by atomic mass is 127. The summed E-state index contributed by atoms with van der Waals surface area (Å²) in [5.41, 5.74) is 5.39. The normalized spacial score (nSPS) is 32.6. The third-order valence-electron chi connectivity index (χ3n) is 7.76. The predicted molar refractivity (Wildman–Crippen MR) is 158 cm³/mol. The van der Waals surface area contributed by atoms with Gasteiger partial charge >= 0.3 is 0 Å². The third kappa shape index (κ3) is 4.09. The van der Waals surface area contributed by atoms with Crippen LogP contribution < -0.4 is 0 Å². The summed E-state index contributed by atoms with van der Waals surface area (Å²) in [4.78, 5) is 6.82. The van der Waals surface area contributed by atoms with E-state index in [4.69, 9.17) is 9.26 Å². The lowest BCUT2D eigenvalue weighted by molar-refractivity contribution is -0.0428. The molecule has 6 aliphatic rings. The van der Waals surface area contributed by atoms with E-state index in [1.807, 2.05) is 0 Å². The molecule has 3 fully saturated rings. The van der Waals surface area contributed by atoms with Gasteiger partial charge in [0, 0.05) is 41.1 Å². The lowest BCUT2D eigenvalue weighted by Crippen LogP contribution is -2.53. The van der Waals surface area contributed by atoms with Crippen molar-refractivity contribution in [2.75, 3.05) is 7.05 Å². The van der Waals surface area contributed by atoms with E-state index in [9.17, 15) is 0 Å². The molecule has 0 spiro atoms. The zero-order valence-corrected chi connectivity index (χ0v) is 24.3. The summed E-state index contributed by atoms with van der Waals surface area (Å²) < 4.78 is 22.1. The van der Waals surface area contributed by atoms with E-state index >= 15 is 0 Å². The van der Waals surface area contributed by atoms with Gasteiger partial charge in [0.05, 0.1) is 18.4 Å². The first-order chi connectivity index (χ1) is 16.8. The molecule has 0 radical (unpaired) electrons. The molecule has 180 valence electrons. The first-order valence-electron chi connectivity index (χ1n) is 12.2. The maximum atomic E-state index is 6.67. The van der Waals surface area contributed by atoms with Crippen LogP contribution in [0.5, 0.6) is 0 Å². The Morgan fingerprint density at radius 3 is 2.74 bits per heavy atom. The molecule has 0 N–H and O–H groups in total. The molecule has 1 aromatic heterocycles. The van der Waals surface area contributed by atoms with Crippen LogP contribution in [0.1, 0.15) is 61.5 Å². The van der Waals surface area contributed by atoms with E-state index in [-0.39, 0.29) is 41.5 Å².